The molecule has 0 atom stereocenters. The Kier molecular flexibility index (Phi) is 8.40. The maximum Gasteiger partial charge on any atom is 0.335 e. The van der Waals surface area contributed by atoms with Gasteiger partial charge in [-0.3, -0.25) is 4.79 Å². The molecule has 0 fully saturated rings. The molecule has 3 aromatic carbocycles. The van der Waals surface area contributed by atoms with Crippen molar-refractivity contribution in [2.75, 3.05) is 10.6 Å². The minimum atomic E-state index is -0.961. The number of aliphatic hydroxyl groups is 1. The van der Waals surface area contributed by atoms with Crippen LogP contribution in [0.25, 0.3) is 22.3 Å². The number of benzene rings is 3. The molecular formula is C30H35NO5S. The highest BCUT2D eigenvalue weighted by Gasteiger charge is 2.30. The standard InChI is InChI=1S/C26H25NO4S.C4H10O/c1-14-5-7-17(8-6-14)23-16(3)24-21-11-18(26(30)31)9-10-19(21)13-27(32-4)25(24)15(2)20(23)12-22(28)29;1-4(2,3)5/h5-11H,12-13H2,1-4H3,(H,28,29)(H,30,31);5H,1-3H3. The topological polar surface area (TPSA) is 98.1 Å². The lowest BCUT2D eigenvalue weighted by atomic mass is 9.80. The summed E-state index contributed by atoms with van der Waals surface area (Å²) in [5.41, 5.74) is 9.35. The predicted octanol–water partition coefficient (Wildman–Crippen LogP) is 6.65. The Balaban J connectivity index is 0.000000695. The second kappa shape index (κ2) is 11.0. The minimum absolute atomic E-state index is 0.0760. The van der Waals surface area contributed by atoms with Crippen molar-refractivity contribution >= 4 is 29.6 Å². The van der Waals surface area contributed by atoms with Crippen LogP contribution in [0.5, 0.6) is 0 Å². The van der Waals surface area contributed by atoms with E-state index in [1.165, 1.54) is 0 Å². The molecule has 0 bridgehead atoms. The molecule has 0 saturated heterocycles. The average molecular weight is 522 g/mol. The minimum Gasteiger partial charge on any atom is -0.481 e. The zero-order chi connectivity index (χ0) is 27.7. The molecule has 6 nitrogen and oxygen atoms in total. The van der Waals surface area contributed by atoms with Crippen LogP contribution in [0.3, 0.4) is 0 Å². The molecule has 3 aromatic rings. The van der Waals surface area contributed by atoms with Crippen LogP contribution in [0, 0.1) is 20.8 Å². The molecule has 1 aliphatic rings. The van der Waals surface area contributed by atoms with Gasteiger partial charge in [0.25, 0.3) is 0 Å². The second-order valence-corrected chi connectivity index (χ2v) is 11.1. The molecule has 0 aliphatic carbocycles. The van der Waals surface area contributed by atoms with E-state index in [0.29, 0.717) is 6.54 Å². The number of nitrogens with zero attached hydrogens (tertiary/aromatic N) is 1. The third kappa shape index (κ3) is 6.35. The molecule has 0 amide bonds. The highest BCUT2D eigenvalue weighted by atomic mass is 32.2. The summed E-state index contributed by atoms with van der Waals surface area (Å²) in [7, 11) is 0. The van der Waals surface area contributed by atoms with E-state index in [2.05, 4.69) is 4.31 Å². The highest BCUT2D eigenvalue weighted by Crippen LogP contribution is 2.50. The van der Waals surface area contributed by atoms with E-state index in [4.69, 9.17) is 5.11 Å². The fraction of sp³-hybridized carbons (Fsp3) is 0.333. The molecule has 1 heterocycles. The van der Waals surface area contributed by atoms with Gasteiger partial charge >= 0.3 is 11.9 Å². The third-order valence-electron chi connectivity index (χ3n) is 6.17. The Morgan fingerprint density at radius 1 is 0.946 bits per heavy atom. The van der Waals surface area contributed by atoms with Gasteiger partial charge in [0, 0.05) is 11.8 Å². The van der Waals surface area contributed by atoms with E-state index in [0.717, 1.165) is 55.8 Å². The lowest BCUT2D eigenvalue weighted by molar-refractivity contribution is -0.136. The Morgan fingerprint density at radius 2 is 1.54 bits per heavy atom. The number of rotatable bonds is 5. The first-order valence-electron chi connectivity index (χ1n) is 12.1. The monoisotopic (exact) mass is 521 g/mol. The summed E-state index contributed by atoms with van der Waals surface area (Å²) in [6, 6.07) is 13.4. The van der Waals surface area contributed by atoms with Gasteiger partial charge in [-0.25, -0.2) is 4.79 Å². The molecule has 0 radical (unpaired) electrons. The van der Waals surface area contributed by atoms with E-state index in [9.17, 15) is 19.8 Å². The maximum absolute atomic E-state index is 11.8. The van der Waals surface area contributed by atoms with Crippen molar-refractivity contribution in [3.05, 3.63) is 75.8 Å². The first-order chi connectivity index (χ1) is 17.2. The summed E-state index contributed by atoms with van der Waals surface area (Å²) in [6.07, 6.45) is 1.92. The molecule has 7 heteroatoms. The van der Waals surface area contributed by atoms with E-state index in [-0.39, 0.29) is 12.0 Å². The van der Waals surface area contributed by atoms with Crippen LogP contribution in [0.4, 0.5) is 5.69 Å². The summed E-state index contributed by atoms with van der Waals surface area (Å²) < 4.78 is 2.17. The number of fused-ring (bicyclic) bond motifs is 3. The summed E-state index contributed by atoms with van der Waals surface area (Å²) >= 11 is 1.59. The van der Waals surface area contributed by atoms with Gasteiger partial charge in [-0.15, -0.1) is 0 Å². The Hall–Kier alpha value is -3.29. The van der Waals surface area contributed by atoms with Crippen LogP contribution < -0.4 is 4.31 Å². The largest absolute Gasteiger partial charge is 0.481 e. The molecule has 196 valence electrons. The van der Waals surface area contributed by atoms with E-state index in [1.807, 2.05) is 57.4 Å². The van der Waals surface area contributed by atoms with E-state index >= 15 is 0 Å². The first-order valence-corrected chi connectivity index (χ1v) is 13.3. The second-order valence-electron chi connectivity index (χ2n) is 10.3. The van der Waals surface area contributed by atoms with E-state index < -0.39 is 17.5 Å². The fourth-order valence-corrected chi connectivity index (χ4v) is 5.32. The van der Waals surface area contributed by atoms with Gasteiger partial charge in [0.05, 0.1) is 29.8 Å². The number of anilines is 1. The summed E-state index contributed by atoms with van der Waals surface area (Å²) in [5.74, 6) is -1.84. The van der Waals surface area contributed by atoms with Crippen LogP contribution >= 0.6 is 11.9 Å². The fourth-order valence-electron chi connectivity index (χ4n) is 4.64. The average Bonchev–Trinajstić information content (AvgIpc) is 2.80. The Morgan fingerprint density at radius 3 is 2.05 bits per heavy atom. The Bertz CT molecular complexity index is 1330. The number of carbonyl (C=O) groups is 2. The lowest BCUT2D eigenvalue weighted by Gasteiger charge is -2.35. The summed E-state index contributed by atoms with van der Waals surface area (Å²) in [6.45, 7) is 11.9. The lowest BCUT2D eigenvalue weighted by Crippen LogP contribution is -2.23. The van der Waals surface area contributed by atoms with Crippen molar-refractivity contribution in [2.45, 2.75) is 60.1 Å². The quantitative estimate of drug-likeness (QED) is 0.324. The van der Waals surface area contributed by atoms with Gasteiger partial charge < -0.3 is 19.6 Å². The summed E-state index contributed by atoms with van der Waals surface area (Å²) in [5, 5.41) is 27.8. The van der Waals surface area contributed by atoms with Crippen molar-refractivity contribution in [1.82, 2.24) is 0 Å². The normalized spacial score (nSPS) is 12.3. The van der Waals surface area contributed by atoms with Crippen LogP contribution in [-0.2, 0) is 17.8 Å². The van der Waals surface area contributed by atoms with Crippen molar-refractivity contribution in [2.24, 2.45) is 0 Å². The smallest absolute Gasteiger partial charge is 0.335 e. The number of aryl methyl sites for hydroxylation is 1. The van der Waals surface area contributed by atoms with Gasteiger partial charge in [-0.1, -0.05) is 47.8 Å². The summed E-state index contributed by atoms with van der Waals surface area (Å²) in [4.78, 5) is 23.5. The first kappa shape index (κ1) is 28.3. The Labute approximate surface area is 223 Å². The van der Waals surface area contributed by atoms with Gasteiger partial charge in [0.2, 0.25) is 0 Å². The number of hydrogen-bond donors (Lipinski definition) is 3. The zero-order valence-electron chi connectivity index (χ0n) is 22.5. The van der Waals surface area contributed by atoms with Gasteiger partial charge in [0.1, 0.15) is 0 Å². The molecule has 4 rings (SSSR count). The molecule has 0 unspecified atom stereocenters. The van der Waals surface area contributed by atoms with Crippen LogP contribution in [0.15, 0.2) is 42.5 Å². The number of carboxylic acid groups (broad SMARTS) is 2. The molecular weight excluding hydrogens is 486 g/mol. The van der Waals surface area contributed by atoms with Gasteiger partial charge in [0.15, 0.2) is 0 Å². The number of aliphatic carboxylic acids is 1. The van der Waals surface area contributed by atoms with Crippen molar-refractivity contribution < 1.29 is 24.9 Å². The molecule has 3 N–H and O–H groups in total. The molecule has 1 aliphatic heterocycles. The van der Waals surface area contributed by atoms with Crippen LogP contribution in [-0.4, -0.2) is 39.1 Å². The van der Waals surface area contributed by atoms with Gasteiger partial charge in [-0.05, 0) is 92.6 Å². The van der Waals surface area contributed by atoms with E-state index in [1.54, 1.807) is 44.9 Å². The molecule has 37 heavy (non-hydrogen) atoms. The highest BCUT2D eigenvalue weighted by molar-refractivity contribution is 7.99. The predicted molar refractivity (Wildman–Crippen MR) is 151 cm³/mol. The molecule has 0 saturated carbocycles. The van der Waals surface area contributed by atoms with Crippen LogP contribution in [0.2, 0.25) is 0 Å². The third-order valence-corrected chi connectivity index (χ3v) is 6.93. The van der Waals surface area contributed by atoms with Crippen molar-refractivity contribution in [3.63, 3.8) is 0 Å². The van der Waals surface area contributed by atoms with Crippen molar-refractivity contribution in [3.8, 4) is 22.3 Å². The van der Waals surface area contributed by atoms with Crippen molar-refractivity contribution in [1.29, 1.82) is 0 Å². The van der Waals surface area contributed by atoms with Crippen LogP contribution in [0.1, 0.15) is 58.9 Å². The number of hydrogen-bond acceptors (Lipinski definition) is 5. The zero-order valence-corrected chi connectivity index (χ0v) is 23.3. The maximum atomic E-state index is 11.8. The molecule has 0 spiro atoms. The molecule has 0 aromatic heterocycles. The number of carboxylic acids is 2. The van der Waals surface area contributed by atoms with Gasteiger partial charge in [-0.2, -0.15) is 0 Å². The SMILES string of the molecule is CC(C)(C)O.CSN1Cc2ccc(C(=O)O)cc2-c2c(C)c(-c3ccc(C)cc3)c(CC(=O)O)c(C)c21. The number of aromatic carboxylic acids is 1.